The Bertz CT molecular complexity index is 460. The van der Waals surface area contributed by atoms with E-state index in [-0.39, 0.29) is 0 Å². The second-order valence-electron chi connectivity index (χ2n) is 4.22. The van der Waals surface area contributed by atoms with Gasteiger partial charge in [0.15, 0.2) is 0 Å². The van der Waals surface area contributed by atoms with Crippen molar-refractivity contribution >= 4 is 0 Å². The molecular weight excluding hydrogens is 210 g/mol. The van der Waals surface area contributed by atoms with Crippen LogP contribution in [0.1, 0.15) is 12.0 Å². The van der Waals surface area contributed by atoms with E-state index in [1.807, 2.05) is 31.0 Å². The van der Waals surface area contributed by atoms with Gasteiger partial charge < -0.3 is 5.32 Å². The maximum absolute atomic E-state index is 4.37. The fourth-order valence-electron chi connectivity index (χ4n) is 2.09. The monoisotopic (exact) mass is 229 g/mol. The number of aromatic nitrogens is 2. The van der Waals surface area contributed by atoms with Crippen LogP contribution < -0.4 is 5.32 Å². The number of nitrogens with zero attached hydrogens (tertiary/aromatic N) is 2. The molecule has 0 saturated carbocycles. The van der Waals surface area contributed by atoms with Crippen molar-refractivity contribution in [3.63, 3.8) is 0 Å². The van der Waals surface area contributed by atoms with Gasteiger partial charge in [-0.1, -0.05) is 30.3 Å². The molecular formula is C14H19N3. The Hall–Kier alpha value is -1.61. The number of benzene rings is 1. The number of nitrogens with one attached hydrogen (secondary N) is 1. The van der Waals surface area contributed by atoms with Crippen LogP contribution in [-0.4, -0.2) is 23.4 Å². The van der Waals surface area contributed by atoms with E-state index in [0.29, 0.717) is 0 Å². The summed E-state index contributed by atoms with van der Waals surface area (Å²) in [7, 11) is 3.99. The van der Waals surface area contributed by atoms with Crippen molar-refractivity contribution < 1.29 is 0 Å². The molecule has 3 heteroatoms. The van der Waals surface area contributed by atoms with E-state index in [4.69, 9.17) is 0 Å². The average Bonchev–Trinajstić information content (AvgIpc) is 2.72. The zero-order valence-electron chi connectivity index (χ0n) is 10.5. The summed E-state index contributed by atoms with van der Waals surface area (Å²) in [6.07, 6.45) is 4.19. The predicted molar refractivity (Wildman–Crippen MR) is 70.9 cm³/mol. The molecule has 1 aromatic heterocycles. The quantitative estimate of drug-likeness (QED) is 0.797. The lowest BCUT2D eigenvalue weighted by Gasteiger charge is -2.06. The van der Waals surface area contributed by atoms with Gasteiger partial charge in [0, 0.05) is 12.6 Å². The molecule has 90 valence electrons. The molecule has 0 aliphatic rings. The Balaban J connectivity index is 2.24. The number of aryl methyl sites for hydroxylation is 2. The topological polar surface area (TPSA) is 29.9 Å². The number of rotatable bonds is 5. The summed E-state index contributed by atoms with van der Waals surface area (Å²) in [6, 6.07) is 10.5. The standard InChI is InChI=1S/C14H19N3/c1-15-10-6-9-13-11-16-17(2)14(13)12-7-4-3-5-8-12/h3-5,7-8,11,15H,6,9-10H2,1-2H3. The molecule has 0 aliphatic carbocycles. The van der Waals surface area contributed by atoms with E-state index in [9.17, 15) is 0 Å². The van der Waals surface area contributed by atoms with Crippen molar-refractivity contribution in [2.24, 2.45) is 7.05 Å². The zero-order chi connectivity index (χ0) is 12.1. The fraction of sp³-hybridized carbons (Fsp3) is 0.357. The minimum Gasteiger partial charge on any atom is -0.320 e. The third-order valence-corrected chi connectivity index (χ3v) is 2.93. The molecule has 1 aromatic carbocycles. The second-order valence-corrected chi connectivity index (χ2v) is 4.22. The first-order valence-corrected chi connectivity index (χ1v) is 6.04. The van der Waals surface area contributed by atoms with Gasteiger partial charge in [0.2, 0.25) is 0 Å². The average molecular weight is 229 g/mol. The van der Waals surface area contributed by atoms with Crippen LogP contribution in [0, 0.1) is 0 Å². The van der Waals surface area contributed by atoms with Gasteiger partial charge in [-0.2, -0.15) is 5.10 Å². The Morgan fingerprint density at radius 1 is 1.24 bits per heavy atom. The van der Waals surface area contributed by atoms with E-state index in [2.05, 4.69) is 34.7 Å². The lowest BCUT2D eigenvalue weighted by molar-refractivity contribution is 0.724. The number of hydrogen-bond acceptors (Lipinski definition) is 2. The van der Waals surface area contributed by atoms with Crippen LogP contribution in [-0.2, 0) is 13.5 Å². The summed E-state index contributed by atoms with van der Waals surface area (Å²) in [4.78, 5) is 0. The Morgan fingerprint density at radius 2 is 2.00 bits per heavy atom. The van der Waals surface area contributed by atoms with Crippen LogP contribution in [0.3, 0.4) is 0 Å². The first-order chi connectivity index (χ1) is 8.33. The molecule has 1 N–H and O–H groups in total. The summed E-state index contributed by atoms with van der Waals surface area (Å²) in [5, 5.41) is 7.54. The highest BCUT2D eigenvalue weighted by molar-refractivity contribution is 5.63. The van der Waals surface area contributed by atoms with Crippen molar-refractivity contribution in [3.8, 4) is 11.3 Å². The normalized spacial score (nSPS) is 10.7. The highest BCUT2D eigenvalue weighted by Gasteiger charge is 2.09. The summed E-state index contributed by atoms with van der Waals surface area (Å²) in [5.74, 6) is 0. The second kappa shape index (κ2) is 5.64. The molecule has 1 heterocycles. The van der Waals surface area contributed by atoms with E-state index < -0.39 is 0 Å². The molecule has 0 saturated heterocycles. The van der Waals surface area contributed by atoms with Crippen LogP contribution in [0.15, 0.2) is 36.5 Å². The van der Waals surface area contributed by atoms with Gasteiger partial charge in [0.25, 0.3) is 0 Å². The maximum Gasteiger partial charge on any atom is 0.0710 e. The molecule has 0 unspecified atom stereocenters. The van der Waals surface area contributed by atoms with Crippen molar-refractivity contribution in [1.29, 1.82) is 0 Å². The van der Waals surface area contributed by atoms with Crippen LogP contribution in [0.25, 0.3) is 11.3 Å². The molecule has 3 nitrogen and oxygen atoms in total. The van der Waals surface area contributed by atoms with Crippen molar-refractivity contribution in [3.05, 3.63) is 42.1 Å². The first-order valence-electron chi connectivity index (χ1n) is 6.04. The minimum absolute atomic E-state index is 1.04. The van der Waals surface area contributed by atoms with E-state index >= 15 is 0 Å². The predicted octanol–water partition coefficient (Wildman–Crippen LogP) is 2.24. The van der Waals surface area contributed by atoms with Crippen molar-refractivity contribution in [2.75, 3.05) is 13.6 Å². The van der Waals surface area contributed by atoms with Crippen molar-refractivity contribution in [1.82, 2.24) is 15.1 Å². The summed E-state index contributed by atoms with van der Waals surface area (Å²) < 4.78 is 1.96. The highest BCUT2D eigenvalue weighted by atomic mass is 15.3. The largest absolute Gasteiger partial charge is 0.320 e. The lowest BCUT2D eigenvalue weighted by Crippen LogP contribution is -2.08. The lowest BCUT2D eigenvalue weighted by atomic mass is 10.0. The SMILES string of the molecule is CNCCCc1cnn(C)c1-c1ccccc1. The molecule has 2 aromatic rings. The Labute approximate surface area is 102 Å². The summed E-state index contributed by atoms with van der Waals surface area (Å²) in [6.45, 7) is 1.04. The molecule has 17 heavy (non-hydrogen) atoms. The van der Waals surface area contributed by atoms with Gasteiger partial charge >= 0.3 is 0 Å². The van der Waals surface area contributed by atoms with Crippen LogP contribution in [0.4, 0.5) is 0 Å². The third kappa shape index (κ3) is 2.74. The molecule has 0 amide bonds. The van der Waals surface area contributed by atoms with Crippen LogP contribution in [0.2, 0.25) is 0 Å². The zero-order valence-corrected chi connectivity index (χ0v) is 10.5. The molecule has 0 spiro atoms. The highest BCUT2D eigenvalue weighted by Crippen LogP contribution is 2.23. The smallest absolute Gasteiger partial charge is 0.0710 e. The van der Waals surface area contributed by atoms with Crippen LogP contribution in [0.5, 0.6) is 0 Å². The van der Waals surface area contributed by atoms with Gasteiger partial charge in [-0.25, -0.2) is 0 Å². The minimum atomic E-state index is 1.04. The first kappa shape index (κ1) is 11.9. The molecule has 2 rings (SSSR count). The van der Waals surface area contributed by atoms with Gasteiger partial charge in [0.05, 0.1) is 11.9 Å². The fourth-order valence-corrected chi connectivity index (χ4v) is 2.09. The van der Waals surface area contributed by atoms with Gasteiger partial charge in [0.1, 0.15) is 0 Å². The molecule has 0 atom stereocenters. The van der Waals surface area contributed by atoms with Gasteiger partial charge in [-0.3, -0.25) is 4.68 Å². The Kier molecular flexibility index (Phi) is 3.94. The van der Waals surface area contributed by atoms with Crippen LogP contribution >= 0.6 is 0 Å². The molecule has 0 aliphatic heterocycles. The summed E-state index contributed by atoms with van der Waals surface area (Å²) >= 11 is 0. The van der Waals surface area contributed by atoms with Crippen molar-refractivity contribution in [2.45, 2.75) is 12.8 Å². The van der Waals surface area contributed by atoms with Gasteiger partial charge in [-0.05, 0) is 32.0 Å². The van der Waals surface area contributed by atoms with E-state index in [1.165, 1.54) is 16.8 Å². The molecule has 0 bridgehead atoms. The van der Waals surface area contributed by atoms with E-state index in [1.54, 1.807) is 0 Å². The maximum atomic E-state index is 4.37. The summed E-state index contributed by atoms with van der Waals surface area (Å²) in [5.41, 5.74) is 3.81. The van der Waals surface area contributed by atoms with E-state index in [0.717, 1.165) is 19.4 Å². The molecule has 0 fully saturated rings. The molecule has 0 radical (unpaired) electrons. The number of hydrogen-bond donors (Lipinski definition) is 1. The Morgan fingerprint density at radius 3 is 2.71 bits per heavy atom. The third-order valence-electron chi connectivity index (χ3n) is 2.93. The van der Waals surface area contributed by atoms with Gasteiger partial charge in [-0.15, -0.1) is 0 Å².